The summed E-state index contributed by atoms with van der Waals surface area (Å²) in [5.74, 6) is 3.27. The summed E-state index contributed by atoms with van der Waals surface area (Å²) in [4.78, 5) is 14.1. The third-order valence-corrected chi connectivity index (χ3v) is 6.07. The normalized spacial score (nSPS) is 12.2. The number of carbonyl (C=O) groups is 1. The number of unbranched alkanes of at least 4 members (excludes halogenated alkanes) is 2. The molecule has 1 heterocycles. The highest BCUT2D eigenvalue weighted by molar-refractivity contribution is 6.30. The Labute approximate surface area is 213 Å². The van der Waals surface area contributed by atoms with Gasteiger partial charge >= 0.3 is 6.09 Å². The lowest BCUT2D eigenvalue weighted by Crippen LogP contribution is -2.27. The molecule has 1 aliphatic rings. The molecule has 188 valence electrons. The second-order valence-corrected chi connectivity index (χ2v) is 8.88. The van der Waals surface area contributed by atoms with E-state index in [-0.39, 0.29) is 6.09 Å². The maximum atomic E-state index is 11.8. The number of anilines is 2. The van der Waals surface area contributed by atoms with Crippen molar-refractivity contribution in [3.63, 3.8) is 0 Å². The first-order chi connectivity index (χ1) is 17.1. The largest absolute Gasteiger partial charge is 0.491 e. The number of alkyl carbamates (subject to hydrolysis) is 1. The molecule has 0 fully saturated rings. The maximum Gasteiger partial charge on any atom is 0.407 e. The lowest BCUT2D eigenvalue weighted by atomic mass is 10.0. The highest BCUT2D eigenvalue weighted by atomic mass is 35.5. The molecule has 2 aromatic carbocycles. The highest BCUT2D eigenvalue weighted by Gasteiger charge is 2.21. The van der Waals surface area contributed by atoms with Crippen molar-refractivity contribution in [1.29, 1.82) is 0 Å². The number of nitrogens with one attached hydrogen (secondary N) is 1. The van der Waals surface area contributed by atoms with E-state index in [1.807, 2.05) is 18.2 Å². The predicted octanol–water partition coefficient (Wildman–Crippen LogP) is 5.91. The molecule has 35 heavy (non-hydrogen) atoms. The van der Waals surface area contributed by atoms with E-state index >= 15 is 0 Å². The van der Waals surface area contributed by atoms with Crippen molar-refractivity contribution < 1.29 is 19.0 Å². The van der Waals surface area contributed by atoms with E-state index in [0.29, 0.717) is 33.0 Å². The Morgan fingerprint density at radius 3 is 2.74 bits per heavy atom. The molecule has 0 saturated heterocycles. The van der Waals surface area contributed by atoms with E-state index < -0.39 is 0 Å². The van der Waals surface area contributed by atoms with Crippen molar-refractivity contribution in [3.05, 3.63) is 52.5 Å². The Morgan fingerprint density at radius 1 is 1.06 bits per heavy atom. The van der Waals surface area contributed by atoms with Crippen LogP contribution in [0.3, 0.4) is 0 Å². The van der Waals surface area contributed by atoms with Crippen LogP contribution in [0.2, 0.25) is 5.02 Å². The van der Waals surface area contributed by atoms with Gasteiger partial charge in [-0.2, -0.15) is 0 Å². The minimum Gasteiger partial charge on any atom is -0.491 e. The van der Waals surface area contributed by atoms with E-state index in [1.54, 1.807) is 0 Å². The molecule has 0 unspecified atom stereocenters. The third kappa shape index (κ3) is 8.38. The highest BCUT2D eigenvalue weighted by Crippen LogP contribution is 2.39. The lowest BCUT2D eigenvalue weighted by molar-refractivity contribution is 0.124. The van der Waals surface area contributed by atoms with E-state index in [9.17, 15) is 4.79 Å². The van der Waals surface area contributed by atoms with Crippen molar-refractivity contribution in [2.24, 2.45) is 0 Å². The molecule has 2 aromatic rings. The molecule has 0 spiro atoms. The van der Waals surface area contributed by atoms with Crippen LogP contribution in [0.25, 0.3) is 0 Å². The zero-order chi connectivity index (χ0) is 24.9. The van der Waals surface area contributed by atoms with Crippen LogP contribution in [-0.4, -0.2) is 45.6 Å². The van der Waals surface area contributed by atoms with Gasteiger partial charge in [-0.15, -0.1) is 6.42 Å². The fourth-order valence-corrected chi connectivity index (χ4v) is 4.22. The quantitative estimate of drug-likeness (QED) is 0.275. The monoisotopic (exact) mass is 498 g/mol. The van der Waals surface area contributed by atoms with Crippen molar-refractivity contribution >= 4 is 29.1 Å². The molecule has 0 radical (unpaired) electrons. The molecule has 1 N–H and O–H groups in total. The summed E-state index contributed by atoms with van der Waals surface area (Å²) < 4.78 is 16.3. The van der Waals surface area contributed by atoms with Crippen LogP contribution in [0.4, 0.5) is 16.2 Å². The van der Waals surface area contributed by atoms with Crippen molar-refractivity contribution in [3.8, 4) is 18.1 Å². The molecular weight excluding hydrogens is 464 g/mol. The van der Waals surface area contributed by atoms with E-state index in [4.69, 9.17) is 32.2 Å². The summed E-state index contributed by atoms with van der Waals surface area (Å²) >= 11 is 6.38. The number of benzene rings is 2. The Kier molecular flexibility index (Phi) is 11.1. The van der Waals surface area contributed by atoms with Crippen LogP contribution in [0.1, 0.15) is 43.7 Å². The van der Waals surface area contributed by atoms with Gasteiger partial charge in [0.05, 0.1) is 13.2 Å². The zero-order valence-electron chi connectivity index (χ0n) is 20.5. The second-order valence-electron chi connectivity index (χ2n) is 8.44. The fourth-order valence-electron chi connectivity index (χ4n) is 4.05. The smallest absolute Gasteiger partial charge is 0.407 e. The predicted molar refractivity (Wildman–Crippen MR) is 141 cm³/mol. The van der Waals surface area contributed by atoms with Crippen molar-refractivity contribution in [2.45, 2.75) is 45.4 Å². The Balaban J connectivity index is 1.64. The topological polar surface area (TPSA) is 60.0 Å². The van der Waals surface area contributed by atoms with Crippen LogP contribution in [-0.2, 0) is 22.3 Å². The number of nitrogens with zero attached hydrogens (tertiary/aromatic N) is 1. The van der Waals surface area contributed by atoms with Gasteiger partial charge in [0.15, 0.2) is 0 Å². The molecule has 1 aliphatic heterocycles. The molecule has 6 nitrogen and oxygen atoms in total. The van der Waals surface area contributed by atoms with E-state index in [1.165, 1.54) is 11.1 Å². The van der Waals surface area contributed by atoms with Gasteiger partial charge < -0.3 is 24.4 Å². The molecule has 0 saturated carbocycles. The molecular formula is C28H35ClN2O4. The molecule has 0 bridgehead atoms. The SMILES string of the molecule is C#CCOCCOc1ccc2c(c1)CCc1ccc(Cl)cc1N2CCCCNC(=O)OCCCC. The Morgan fingerprint density at radius 2 is 1.91 bits per heavy atom. The molecule has 0 aromatic heterocycles. The maximum absolute atomic E-state index is 11.8. The van der Waals surface area contributed by atoms with Gasteiger partial charge in [-0.25, -0.2) is 4.79 Å². The molecule has 0 aliphatic carbocycles. The number of aryl methyl sites for hydroxylation is 2. The van der Waals surface area contributed by atoms with Gasteiger partial charge in [-0.3, -0.25) is 0 Å². The third-order valence-electron chi connectivity index (χ3n) is 5.83. The number of carbonyl (C=O) groups excluding carboxylic acids is 1. The number of fused-ring (bicyclic) bond motifs is 2. The van der Waals surface area contributed by atoms with E-state index in [0.717, 1.165) is 67.2 Å². The lowest BCUT2D eigenvalue weighted by Gasteiger charge is -2.27. The minimum atomic E-state index is -0.340. The van der Waals surface area contributed by atoms with Gasteiger partial charge in [0, 0.05) is 29.5 Å². The first-order valence-corrected chi connectivity index (χ1v) is 12.7. The number of rotatable bonds is 13. The summed E-state index contributed by atoms with van der Waals surface area (Å²) in [5.41, 5.74) is 4.80. The standard InChI is InChI=1S/C28H35ClN2O4/c1-3-5-17-35-28(32)30-14-6-7-15-31-26-13-12-25(34-19-18-33-16-4-2)20-23(26)9-8-22-10-11-24(29)21-27(22)31/h2,10-13,20-21H,3,5-9,14-19H2,1H3,(H,30,32). The van der Waals surface area contributed by atoms with Gasteiger partial charge in [0.2, 0.25) is 0 Å². The zero-order valence-corrected chi connectivity index (χ0v) is 21.2. The van der Waals surface area contributed by atoms with Crippen LogP contribution in [0, 0.1) is 12.3 Å². The number of amides is 1. The number of hydrogen-bond donors (Lipinski definition) is 1. The average Bonchev–Trinajstić information content (AvgIpc) is 3.00. The van der Waals surface area contributed by atoms with Gasteiger partial charge in [-0.1, -0.05) is 36.9 Å². The summed E-state index contributed by atoms with van der Waals surface area (Å²) in [6, 6.07) is 12.3. The summed E-state index contributed by atoms with van der Waals surface area (Å²) in [6.07, 6.45) is 10.4. The minimum absolute atomic E-state index is 0.291. The average molecular weight is 499 g/mol. The van der Waals surface area contributed by atoms with Gasteiger partial charge in [-0.05, 0) is 73.6 Å². The fraction of sp³-hybridized carbons (Fsp3) is 0.464. The second kappa shape index (κ2) is 14.5. The Bertz CT molecular complexity index is 1000. The summed E-state index contributed by atoms with van der Waals surface area (Å²) in [7, 11) is 0. The summed E-state index contributed by atoms with van der Waals surface area (Å²) in [6.45, 7) is 5.13. The Hall–Kier alpha value is -2.88. The molecule has 3 rings (SSSR count). The number of ether oxygens (including phenoxy) is 3. The number of terminal acetylenes is 1. The van der Waals surface area contributed by atoms with Crippen LogP contribution >= 0.6 is 11.6 Å². The summed E-state index contributed by atoms with van der Waals surface area (Å²) in [5, 5.41) is 3.56. The van der Waals surface area contributed by atoms with Crippen LogP contribution in [0.15, 0.2) is 36.4 Å². The number of halogens is 1. The molecule has 1 amide bonds. The van der Waals surface area contributed by atoms with Crippen LogP contribution in [0.5, 0.6) is 5.75 Å². The van der Waals surface area contributed by atoms with Crippen molar-refractivity contribution in [1.82, 2.24) is 5.32 Å². The van der Waals surface area contributed by atoms with Gasteiger partial charge in [0.1, 0.15) is 19.0 Å². The first kappa shape index (κ1) is 26.7. The molecule has 0 atom stereocenters. The van der Waals surface area contributed by atoms with Crippen LogP contribution < -0.4 is 15.0 Å². The molecule has 7 heteroatoms. The van der Waals surface area contributed by atoms with Gasteiger partial charge in [0.25, 0.3) is 0 Å². The first-order valence-electron chi connectivity index (χ1n) is 12.4. The van der Waals surface area contributed by atoms with E-state index in [2.05, 4.69) is 41.3 Å². The van der Waals surface area contributed by atoms with Crippen molar-refractivity contribution in [2.75, 3.05) is 44.4 Å². The number of hydrogen-bond acceptors (Lipinski definition) is 5.